The van der Waals surface area contributed by atoms with Crippen molar-refractivity contribution in [3.8, 4) is 11.5 Å². The van der Waals surface area contributed by atoms with Gasteiger partial charge in [0, 0.05) is 16.7 Å². The molecule has 0 aliphatic rings. The molecule has 1 N–H and O–H groups in total. The Labute approximate surface area is 157 Å². The summed E-state index contributed by atoms with van der Waals surface area (Å²) >= 11 is 8.58. The summed E-state index contributed by atoms with van der Waals surface area (Å²) < 4.78 is 80.2. The molecule has 0 saturated heterocycles. The molecule has 2 aromatic carbocycles. The first-order valence-corrected chi connectivity index (χ1v) is 9.08. The highest BCUT2D eigenvalue weighted by Gasteiger charge is 2.48. The van der Waals surface area contributed by atoms with Gasteiger partial charge in [0.1, 0.15) is 17.3 Å². The maximum absolute atomic E-state index is 13.3. The quantitative estimate of drug-likeness (QED) is 0.287. The Kier molecular flexibility index (Phi) is 5.83. The van der Waals surface area contributed by atoms with Crippen LogP contribution < -0.4 is 4.74 Å². The van der Waals surface area contributed by atoms with Crippen LogP contribution in [0.15, 0.2) is 44.9 Å². The smallest absolute Gasteiger partial charge is 0.456 e. The Hall–Kier alpha value is -1.85. The summed E-state index contributed by atoms with van der Waals surface area (Å²) in [5.74, 6) is -0.978. The zero-order valence-corrected chi connectivity index (χ0v) is 15.4. The summed E-state index contributed by atoms with van der Waals surface area (Å²) in [6.07, 6.45) is 0.494. The van der Waals surface area contributed by atoms with Crippen molar-refractivity contribution in [1.82, 2.24) is 0 Å². The van der Waals surface area contributed by atoms with E-state index in [4.69, 9.17) is 21.5 Å². The van der Waals surface area contributed by atoms with Crippen LogP contribution in [0, 0.1) is 5.82 Å². The topological polar surface area (TPSA) is 76.0 Å². The summed E-state index contributed by atoms with van der Waals surface area (Å²) in [6.45, 7) is 0. The molecule has 0 aliphatic heterocycles. The zero-order valence-electron chi connectivity index (χ0n) is 12.3. The molecule has 0 heterocycles. The lowest BCUT2D eigenvalue weighted by Gasteiger charge is -2.15. The van der Waals surface area contributed by atoms with Crippen LogP contribution in [0.1, 0.15) is 5.56 Å². The molecular weight excluding hydrogens is 470 g/mol. The number of halogens is 6. The summed E-state index contributed by atoms with van der Waals surface area (Å²) in [7, 11) is -5.72. The van der Waals surface area contributed by atoms with E-state index in [0.717, 1.165) is 18.2 Å². The summed E-state index contributed by atoms with van der Waals surface area (Å²) in [4.78, 5) is -1.15. The van der Waals surface area contributed by atoms with Crippen molar-refractivity contribution >= 4 is 43.6 Å². The first-order chi connectivity index (χ1) is 12.0. The Balaban J connectivity index is 2.60. The van der Waals surface area contributed by atoms with Crippen molar-refractivity contribution in [1.29, 1.82) is 0 Å². The Morgan fingerprint density at radius 3 is 2.42 bits per heavy atom. The standard InChI is InChI=1S/C14H7BrClF4NO4S/c15-13-10(6-21-22)12(26(23,24)14(18,19)20)2-1-11(13)25-9-4-7(16)3-8(17)5-9/h1-6,22H. The van der Waals surface area contributed by atoms with Crippen LogP contribution >= 0.6 is 27.5 Å². The number of alkyl halides is 3. The third-order valence-corrected chi connectivity index (χ3v) is 5.53. The van der Waals surface area contributed by atoms with E-state index in [1.165, 1.54) is 6.07 Å². The summed E-state index contributed by atoms with van der Waals surface area (Å²) in [5.41, 5.74) is -6.17. The number of sulfone groups is 1. The molecule has 0 unspecified atom stereocenters. The van der Waals surface area contributed by atoms with Crippen molar-refractivity contribution in [2.75, 3.05) is 0 Å². The number of ether oxygens (including phenoxy) is 1. The van der Waals surface area contributed by atoms with E-state index in [0.29, 0.717) is 12.3 Å². The molecule has 140 valence electrons. The lowest BCUT2D eigenvalue weighted by molar-refractivity contribution is -0.0436. The molecule has 0 aliphatic carbocycles. The van der Waals surface area contributed by atoms with Gasteiger partial charge in [0.15, 0.2) is 0 Å². The van der Waals surface area contributed by atoms with Gasteiger partial charge >= 0.3 is 5.51 Å². The number of hydrogen-bond donors (Lipinski definition) is 1. The second kappa shape index (κ2) is 7.41. The highest BCUT2D eigenvalue weighted by molar-refractivity contribution is 9.10. The van der Waals surface area contributed by atoms with Gasteiger partial charge in [-0.2, -0.15) is 13.2 Å². The zero-order chi connectivity index (χ0) is 19.7. The van der Waals surface area contributed by atoms with Crippen molar-refractivity contribution in [3.05, 3.63) is 51.2 Å². The number of oxime groups is 1. The highest BCUT2D eigenvalue weighted by atomic mass is 79.9. The lowest BCUT2D eigenvalue weighted by atomic mass is 10.2. The van der Waals surface area contributed by atoms with Crippen LogP contribution in [0.5, 0.6) is 11.5 Å². The van der Waals surface area contributed by atoms with E-state index in [1.807, 2.05) is 0 Å². The van der Waals surface area contributed by atoms with Crippen molar-refractivity contribution < 1.29 is 35.9 Å². The minimum absolute atomic E-state index is 0.00420. The van der Waals surface area contributed by atoms with E-state index >= 15 is 0 Å². The van der Waals surface area contributed by atoms with Gasteiger partial charge in [0.05, 0.1) is 15.6 Å². The molecule has 5 nitrogen and oxygen atoms in total. The van der Waals surface area contributed by atoms with Gasteiger partial charge in [0.25, 0.3) is 9.84 Å². The number of benzene rings is 2. The molecule has 12 heteroatoms. The van der Waals surface area contributed by atoms with E-state index in [-0.39, 0.29) is 21.0 Å². The molecule has 26 heavy (non-hydrogen) atoms. The van der Waals surface area contributed by atoms with E-state index in [1.54, 1.807) is 0 Å². The predicted molar refractivity (Wildman–Crippen MR) is 88.2 cm³/mol. The number of rotatable bonds is 4. The van der Waals surface area contributed by atoms with Crippen LogP contribution in [0.4, 0.5) is 17.6 Å². The van der Waals surface area contributed by atoms with E-state index in [2.05, 4.69) is 21.1 Å². The summed E-state index contributed by atoms with van der Waals surface area (Å²) in [6, 6.07) is 4.75. The molecule has 0 aromatic heterocycles. The lowest BCUT2D eigenvalue weighted by Crippen LogP contribution is -2.24. The molecule has 0 radical (unpaired) electrons. The van der Waals surface area contributed by atoms with E-state index in [9.17, 15) is 26.0 Å². The maximum Gasteiger partial charge on any atom is 0.501 e. The average molecular weight is 477 g/mol. The molecule has 0 amide bonds. The highest BCUT2D eigenvalue weighted by Crippen LogP contribution is 2.39. The second-order valence-corrected chi connectivity index (χ2v) is 7.83. The molecule has 2 aromatic rings. The van der Waals surface area contributed by atoms with Crippen molar-refractivity contribution in [2.45, 2.75) is 10.4 Å². The molecule has 0 saturated carbocycles. The van der Waals surface area contributed by atoms with Crippen molar-refractivity contribution in [3.63, 3.8) is 0 Å². The molecule has 0 fully saturated rings. The molecule has 0 bridgehead atoms. The molecular formula is C14H7BrClF4NO4S. The first-order valence-electron chi connectivity index (χ1n) is 6.42. The second-order valence-electron chi connectivity index (χ2n) is 4.69. The summed E-state index contributed by atoms with van der Waals surface area (Å²) in [5, 5.41) is 11.2. The van der Waals surface area contributed by atoms with Gasteiger partial charge in [-0.25, -0.2) is 12.8 Å². The van der Waals surface area contributed by atoms with Gasteiger partial charge in [-0.1, -0.05) is 16.8 Å². The Morgan fingerprint density at radius 2 is 1.88 bits per heavy atom. The van der Waals surface area contributed by atoms with Crippen LogP contribution in [0.3, 0.4) is 0 Å². The third kappa shape index (κ3) is 4.10. The fourth-order valence-corrected chi connectivity index (χ4v) is 3.70. The monoisotopic (exact) mass is 475 g/mol. The third-order valence-electron chi connectivity index (χ3n) is 2.95. The molecule has 2 rings (SSSR count). The Bertz CT molecular complexity index is 959. The fourth-order valence-electron chi connectivity index (χ4n) is 1.89. The van der Waals surface area contributed by atoms with Gasteiger partial charge < -0.3 is 9.94 Å². The van der Waals surface area contributed by atoms with Crippen molar-refractivity contribution in [2.24, 2.45) is 5.16 Å². The van der Waals surface area contributed by atoms with Crippen LogP contribution in [0.2, 0.25) is 5.02 Å². The van der Waals surface area contributed by atoms with Gasteiger partial charge in [-0.15, -0.1) is 0 Å². The van der Waals surface area contributed by atoms with Crippen LogP contribution in [0.25, 0.3) is 0 Å². The van der Waals surface area contributed by atoms with Gasteiger partial charge in [-0.3, -0.25) is 0 Å². The normalized spacial score (nSPS) is 12.5. The number of nitrogens with zero attached hydrogens (tertiary/aromatic N) is 1. The minimum atomic E-state index is -5.72. The largest absolute Gasteiger partial charge is 0.501 e. The maximum atomic E-state index is 13.3. The molecule has 0 spiro atoms. The number of hydrogen-bond acceptors (Lipinski definition) is 5. The van der Waals surface area contributed by atoms with Gasteiger partial charge in [0.2, 0.25) is 0 Å². The van der Waals surface area contributed by atoms with Crippen LogP contribution in [-0.2, 0) is 9.84 Å². The first kappa shape index (κ1) is 20.5. The average Bonchev–Trinajstić information content (AvgIpc) is 2.49. The molecule has 0 atom stereocenters. The SMILES string of the molecule is O=S(=O)(c1ccc(Oc2cc(F)cc(Cl)c2)c(Br)c1C=NO)C(F)(F)F. The predicted octanol–water partition coefficient (Wildman–Crippen LogP) is 5.14. The van der Waals surface area contributed by atoms with Crippen LogP contribution in [-0.4, -0.2) is 25.3 Å². The van der Waals surface area contributed by atoms with E-state index < -0.39 is 31.6 Å². The minimum Gasteiger partial charge on any atom is -0.456 e. The fraction of sp³-hybridized carbons (Fsp3) is 0.0714. The van der Waals surface area contributed by atoms with Gasteiger partial charge in [-0.05, 0) is 40.2 Å². The Morgan fingerprint density at radius 1 is 1.23 bits per heavy atom.